The van der Waals surface area contributed by atoms with Crippen LogP contribution >= 0.6 is 11.8 Å². The van der Waals surface area contributed by atoms with Crippen LogP contribution in [0.15, 0.2) is 40.0 Å². The molecule has 0 bridgehead atoms. The summed E-state index contributed by atoms with van der Waals surface area (Å²) in [5.74, 6) is -1.55. The number of aromatic hydroxyl groups is 2. The van der Waals surface area contributed by atoms with Gasteiger partial charge in [-0.25, -0.2) is 0 Å². The van der Waals surface area contributed by atoms with E-state index in [-0.39, 0.29) is 17.3 Å². The summed E-state index contributed by atoms with van der Waals surface area (Å²) in [5, 5.41) is 46.0. The standard InChI is InChI=1S/C14H10N4O6S/c1-25-11-3-2-7(6-17(11)21)13-15-14(24-16-13)8-4-9(18(22)23)12(20)10(19)5-8/h2-6,19-20H,1H3. The van der Waals surface area contributed by atoms with E-state index in [4.69, 9.17) is 4.52 Å². The van der Waals surface area contributed by atoms with Crippen LogP contribution in [-0.4, -0.2) is 31.5 Å². The number of nitro groups is 1. The Morgan fingerprint density at radius 3 is 2.68 bits per heavy atom. The second-order valence-corrected chi connectivity index (χ2v) is 5.66. The maximum atomic E-state index is 11.8. The lowest BCUT2D eigenvalue weighted by Gasteiger charge is -2.02. The lowest BCUT2D eigenvalue weighted by atomic mass is 10.1. The number of benzene rings is 1. The van der Waals surface area contributed by atoms with Crippen molar-refractivity contribution in [1.29, 1.82) is 0 Å². The Labute approximate surface area is 144 Å². The first-order valence-electron chi connectivity index (χ1n) is 6.72. The molecule has 25 heavy (non-hydrogen) atoms. The van der Waals surface area contributed by atoms with Crippen LogP contribution in [0.3, 0.4) is 0 Å². The van der Waals surface area contributed by atoms with E-state index in [1.807, 2.05) is 0 Å². The molecule has 0 unspecified atom stereocenters. The highest BCUT2D eigenvalue weighted by molar-refractivity contribution is 7.98. The quantitative estimate of drug-likeness (QED) is 0.177. The van der Waals surface area contributed by atoms with Gasteiger partial charge >= 0.3 is 5.69 Å². The molecule has 2 aromatic heterocycles. The Balaban J connectivity index is 2.02. The number of nitro benzene ring substituents is 1. The fourth-order valence-electron chi connectivity index (χ4n) is 2.08. The Kier molecular flexibility index (Phi) is 4.15. The van der Waals surface area contributed by atoms with E-state index in [9.17, 15) is 25.5 Å². The molecule has 0 saturated heterocycles. The third-order valence-corrected chi connectivity index (χ3v) is 4.02. The number of thioether (sulfide) groups is 1. The smallest absolute Gasteiger partial charge is 0.315 e. The SMILES string of the molecule is CSc1ccc(-c2noc(-c3cc(O)c(O)c([N+](=O)[O-])c3)n2)c[n+]1[O-]. The van der Waals surface area contributed by atoms with Gasteiger partial charge in [-0.3, -0.25) is 10.1 Å². The zero-order valence-corrected chi connectivity index (χ0v) is 13.4. The van der Waals surface area contributed by atoms with Crippen molar-refractivity contribution in [2.24, 2.45) is 0 Å². The molecule has 128 valence electrons. The normalized spacial score (nSPS) is 10.8. The van der Waals surface area contributed by atoms with Gasteiger partial charge in [0.25, 0.3) is 10.9 Å². The predicted molar refractivity (Wildman–Crippen MR) is 85.9 cm³/mol. The van der Waals surface area contributed by atoms with Crippen molar-refractivity contribution < 1.29 is 24.4 Å². The summed E-state index contributed by atoms with van der Waals surface area (Å²) >= 11 is 1.28. The lowest BCUT2D eigenvalue weighted by molar-refractivity contribution is -0.645. The van der Waals surface area contributed by atoms with Gasteiger partial charge in [-0.05, 0) is 18.4 Å². The van der Waals surface area contributed by atoms with E-state index in [0.717, 1.165) is 12.1 Å². The number of hydrogen-bond donors (Lipinski definition) is 2. The third-order valence-electron chi connectivity index (χ3n) is 3.29. The number of phenols is 2. The number of hydrogen-bond acceptors (Lipinski definition) is 9. The van der Waals surface area contributed by atoms with Gasteiger partial charge in [-0.1, -0.05) is 16.9 Å². The molecular formula is C14H10N4O6S. The number of aromatic nitrogens is 3. The van der Waals surface area contributed by atoms with E-state index in [1.165, 1.54) is 18.0 Å². The number of pyridine rings is 1. The van der Waals surface area contributed by atoms with Crippen LogP contribution in [0.4, 0.5) is 5.69 Å². The van der Waals surface area contributed by atoms with Crippen molar-refractivity contribution in [2.45, 2.75) is 5.03 Å². The van der Waals surface area contributed by atoms with E-state index >= 15 is 0 Å². The van der Waals surface area contributed by atoms with Crippen LogP contribution in [-0.2, 0) is 0 Å². The molecule has 3 rings (SSSR count). The van der Waals surface area contributed by atoms with Crippen LogP contribution in [0.2, 0.25) is 0 Å². The van der Waals surface area contributed by atoms with Crippen LogP contribution < -0.4 is 4.73 Å². The number of nitrogens with zero attached hydrogens (tertiary/aromatic N) is 4. The Morgan fingerprint density at radius 1 is 1.28 bits per heavy atom. The van der Waals surface area contributed by atoms with Crippen molar-refractivity contribution in [3.63, 3.8) is 0 Å². The maximum absolute atomic E-state index is 11.8. The molecule has 0 aliphatic rings. The van der Waals surface area contributed by atoms with Gasteiger partial charge in [-0.15, -0.1) is 0 Å². The van der Waals surface area contributed by atoms with Gasteiger partial charge in [0.05, 0.1) is 16.1 Å². The summed E-state index contributed by atoms with van der Waals surface area (Å²) in [6.45, 7) is 0. The number of rotatable bonds is 4. The van der Waals surface area contributed by atoms with Gasteiger partial charge in [-0.2, -0.15) is 9.71 Å². The molecule has 1 aromatic carbocycles. The van der Waals surface area contributed by atoms with Crippen molar-refractivity contribution in [2.75, 3.05) is 6.26 Å². The zero-order chi connectivity index (χ0) is 18.1. The van der Waals surface area contributed by atoms with Gasteiger partial charge < -0.3 is 19.9 Å². The molecule has 0 spiro atoms. The van der Waals surface area contributed by atoms with E-state index in [2.05, 4.69) is 10.1 Å². The average molecular weight is 362 g/mol. The molecular weight excluding hydrogens is 352 g/mol. The van der Waals surface area contributed by atoms with Crippen molar-refractivity contribution >= 4 is 17.4 Å². The maximum Gasteiger partial charge on any atom is 0.315 e. The first kappa shape index (κ1) is 16.5. The van der Waals surface area contributed by atoms with Gasteiger partial charge in [0.1, 0.15) is 0 Å². The summed E-state index contributed by atoms with van der Waals surface area (Å²) in [4.78, 5) is 14.1. The molecule has 0 saturated carbocycles. The average Bonchev–Trinajstić information content (AvgIpc) is 3.07. The molecule has 0 aliphatic carbocycles. The monoisotopic (exact) mass is 362 g/mol. The molecule has 11 heteroatoms. The summed E-state index contributed by atoms with van der Waals surface area (Å²) in [6.07, 6.45) is 3.04. The van der Waals surface area contributed by atoms with Crippen LogP contribution in [0.25, 0.3) is 22.8 Å². The van der Waals surface area contributed by atoms with Crippen LogP contribution in [0.5, 0.6) is 11.5 Å². The lowest BCUT2D eigenvalue weighted by Crippen LogP contribution is -2.28. The van der Waals surface area contributed by atoms with E-state index < -0.39 is 22.1 Å². The van der Waals surface area contributed by atoms with Crippen molar-refractivity contribution in [3.8, 4) is 34.3 Å². The van der Waals surface area contributed by atoms with Gasteiger partial charge in [0.15, 0.2) is 11.9 Å². The van der Waals surface area contributed by atoms with E-state index in [1.54, 1.807) is 18.4 Å². The summed E-state index contributed by atoms with van der Waals surface area (Å²) in [7, 11) is 0. The molecule has 0 atom stereocenters. The minimum Gasteiger partial charge on any atom is -0.618 e. The Hall–Kier alpha value is -3.34. The summed E-state index contributed by atoms with van der Waals surface area (Å²) in [6, 6.07) is 5.28. The summed E-state index contributed by atoms with van der Waals surface area (Å²) < 4.78 is 5.70. The third kappa shape index (κ3) is 3.04. The molecule has 2 heterocycles. The van der Waals surface area contributed by atoms with Crippen molar-refractivity contribution in [3.05, 3.63) is 45.8 Å². The van der Waals surface area contributed by atoms with Crippen LogP contribution in [0.1, 0.15) is 0 Å². The van der Waals surface area contributed by atoms with Gasteiger partial charge in [0.2, 0.25) is 11.6 Å². The predicted octanol–water partition coefficient (Wildman–Crippen LogP) is 2.08. The topological polar surface area (TPSA) is 149 Å². The second-order valence-electron chi connectivity index (χ2n) is 4.83. The molecule has 2 N–H and O–H groups in total. The molecule has 0 amide bonds. The highest BCUT2D eigenvalue weighted by atomic mass is 32.2. The van der Waals surface area contributed by atoms with Crippen molar-refractivity contribution in [1.82, 2.24) is 10.1 Å². The minimum absolute atomic E-state index is 0.0523. The molecule has 0 fully saturated rings. The largest absolute Gasteiger partial charge is 0.618 e. The zero-order valence-electron chi connectivity index (χ0n) is 12.6. The highest BCUT2D eigenvalue weighted by Gasteiger charge is 2.22. The first-order chi connectivity index (χ1) is 11.9. The van der Waals surface area contributed by atoms with Gasteiger partial charge in [0, 0.05) is 12.1 Å². The summed E-state index contributed by atoms with van der Waals surface area (Å²) in [5.41, 5.74) is -0.256. The molecule has 0 radical (unpaired) electrons. The second kappa shape index (κ2) is 6.28. The molecule has 3 aromatic rings. The molecule has 10 nitrogen and oxygen atoms in total. The Bertz CT molecular complexity index is 974. The molecule has 0 aliphatic heterocycles. The fourth-order valence-corrected chi connectivity index (χ4v) is 2.52. The van der Waals surface area contributed by atoms with Crippen LogP contribution in [0, 0.1) is 15.3 Å². The first-order valence-corrected chi connectivity index (χ1v) is 7.95. The number of phenolic OH excluding ortho intramolecular Hbond substituents is 2. The highest BCUT2D eigenvalue weighted by Crippen LogP contribution is 2.39. The Morgan fingerprint density at radius 2 is 2.04 bits per heavy atom. The van der Waals surface area contributed by atoms with E-state index in [0.29, 0.717) is 15.3 Å². The fraction of sp³-hybridized carbons (Fsp3) is 0.0714. The minimum atomic E-state index is -0.853.